The van der Waals surface area contributed by atoms with E-state index < -0.39 is 6.29 Å². The molecular weight excluding hydrogens is 520 g/mol. The van der Waals surface area contributed by atoms with Crippen molar-refractivity contribution in [2.24, 2.45) is 5.41 Å². The summed E-state index contributed by atoms with van der Waals surface area (Å²) >= 11 is 0. The minimum absolute atomic E-state index is 0.0348. The van der Waals surface area contributed by atoms with Crippen LogP contribution in [0.4, 0.5) is 0 Å². The maximum absolute atomic E-state index is 6.51. The van der Waals surface area contributed by atoms with Crippen LogP contribution in [0, 0.1) is 19.3 Å². The molecule has 1 aliphatic rings. The summed E-state index contributed by atoms with van der Waals surface area (Å²) in [6.07, 6.45) is 2.70. The van der Waals surface area contributed by atoms with Crippen LogP contribution in [-0.2, 0) is 22.6 Å². The molecule has 6 nitrogen and oxygen atoms in total. The fraction of sp³-hybridized carbons (Fsp3) is 0.333. The Morgan fingerprint density at radius 2 is 1.43 bits per heavy atom. The predicted molar refractivity (Wildman–Crippen MR) is 167 cm³/mol. The molecule has 5 aromatic rings. The number of hydrogen-bond acceptors (Lipinski definition) is 4. The van der Waals surface area contributed by atoms with Gasteiger partial charge in [-0.25, -0.2) is 4.98 Å². The lowest BCUT2D eigenvalue weighted by Gasteiger charge is -2.37. The standard InChI is InChI=1S/C36H40N4O2/c1-27-23-28(2)40(38-27)22-14-13-21-36(3)25-41-35(42-26-36)34-37-32(30-17-9-5-10-18-30)33(31-19-11-6-12-20-31)39(34)24-29-15-7-4-8-16-29/h4-12,15-20,23,35H,13-14,21-22,24-26H2,1-3H3. The quantitative estimate of drug-likeness (QED) is 0.162. The van der Waals surface area contributed by atoms with E-state index in [-0.39, 0.29) is 5.41 Å². The zero-order chi connectivity index (χ0) is 28.9. The summed E-state index contributed by atoms with van der Waals surface area (Å²) in [5, 5.41) is 4.60. The number of nitrogens with zero attached hydrogens (tertiary/aromatic N) is 4. The summed E-state index contributed by atoms with van der Waals surface area (Å²) < 4.78 is 17.4. The van der Waals surface area contributed by atoms with Crippen LogP contribution in [0.25, 0.3) is 22.5 Å². The highest BCUT2D eigenvalue weighted by Crippen LogP contribution is 2.40. The molecule has 1 aliphatic heterocycles. The van der Waals surface area contributed by atoms with Gasteiger partial charge in [0.1, 0.15) is 0 Å². The summed E-state index contributed by atoms with van der Waals surface area (Å²) in [6.45, 7) is 9.34. The maximum Gasteiger partial charge on any atom is 0.217 e. The molecule has 0 atom stereocenters. The second-order valence-corrected chi connectivity index (χ2v) is 11.8. The summed E-state index contributed by atoms with van der Waals surface area (Å²) in [5.41, 5.74) is 7.69. The Balaban J connectivity index is 1.25. The highest BCUT2D eigenvalue weighted by molar-refractivity contribution is 5.79. The molecule has 1 saturated heterocycles. The molecule has 6 rings (SSSR count). The number of ether oxygens (including phenoxy) is 2. The van der Waals surface area contributed by atoms with Crippen molar-refractivity contribution in [2.45, 2.75) is 59.4 Å². The van der Waals surface area contributed by atoms with Gasteiger partial charge in [-0.1, -0.05) is 104 Å². The van der Waals surface area contributed by atoms with E-state index in [1.165, 1.54) is 11.3 Å². The first-order valence-corrected chi connectivity index (χ1v) is 15.0. The zero-order valence-corrected chi connectivity index (χ0v) is 24.9. The Labute approximate surface area is 249 Å². The Morgan fingerprint density at radius 1 is 0.810 bits per heavy atom. The largest absolute Gasteiger partial charge is 0.345 e. The number of rotatable bonds is 10. The molecule has 0 N–H and O–H groups in total. The molecule has 3 heterocycles. The van der Waals surface area contributed by atoms with Crippen molar-refractivity contribution in [1.29, 1.82) is 0 Å². The van der Waals surface area contributed by atoms with E-state index in [0.29, 0.717) is 19.8 Å². The van der Waals surface area contributed by atoms with Crippen LogP contribution >= 0.6 is 0 Å². The number of benzene rings is 3. The van der Waals surface area contributed by atoms with E-state index in [0.717, 1.165) is 59.8 Å². The first-order valence-electron chi connectivity index (χ1n) is 15.0. The highest BCUT2D eigenvalue weighted by atomic mass is 16.7. The first-order chi connectivity index (χ1) is 20.5. The molecule has 3 aromatic carbocycles. The van der Waals surface area contributed by atoms with Gasteiger partial charge in [0.25, 0.3) is 0 Å². The van der Waals surface area contributed by atoms with Crippen LogP contribution in [0.2, 0.25) is 0 Å². The highest BCUT2D eigenvalue weighted by Gasteiger charge is 2.36. The van der Waals surface area contributed by atoms with E-state index in [1.54, 1.807) is 0 Å². The smallest absolute Gasteiger partial charge is 0.217 e. The summed E-state index contributed by atoms with van der Waals surface area (Å²) in [5.74, 6) is 0.808. The molecule has 0 radical (unpaired) electrons. The Bertz CT molecular complexity index is 1580. The molecule has 216 valence electrons. The van der Waals surface area contributed by atoms with E-state index in [1.807, 2.05) is 6.07 Å². The number of imidazole rings is 1. The van der Waals surface area contributed by atoms with Crippen molar-refractivity contribution in [2.75, 3.05) is 13.2 Å². The van der Waals surface area contributed by atoms with Gasteiger partial charge >= 0.3 is 0 Å². The lowest BCUT2D eigenvalue weighted by molar-refractivity contribution is -0.236. The molecular formula is C36H40N4O2. The summed E-state index contributed by atoms with van der Waals surface area (Å²) in [6, 6.07) is 33.6. The molecule has 0 bridgehead atoms. The van der Waals surface area contributed by atoms with Crippen molar-refractivity contribution in [3.8, 4) is 22.5 Å². The van der Waals surface area contributed by atoms with Crippen LogP contribution in [0.3, 0.4) is 0 Å². The molecule has 6 heteroatoms. The van der Waals surface area contributed by atoms with Crippen molar-refractivity contribution < 1.29 is 9.47 Å². The fourth-order valence-electron chi connectivity index (χ4n) is 5.91. The summed E-state index contributed by atoms with van der Waals surface area (Å²) in [7, 11) is 0. The molecule has 0 spiro atoms. The van der Waals surface area contributed by atoms with Gasteiger partial charge in [-0.2, -0.15) is 5.10 Å². The normalized spacial score (nSPS) is 18.8. The van der Waals surface area contributed by atoms with Crippen LogP contribution in [0.5, 0.6) is 0 Å². The van der Waals surface area contributed by atoms with Crippen molar-refractivity contribution in [1.82, 2.24) is 19.3 Å². The SMILES string of the molecule is Cc1cc(C)n(CCCCC2(C)COC(c3nc(-c4ccccc4)c(-c4ccccc4)n3Cc3ccccc3)OC2)n1. The minimum atomic E-state index is -0.531. The van der Waals surface area contributed by atoms with Gasteiger partial charge in [0.15, 0.2) is 5.82 Å². The van der Waals surface area contributed by atoms with E-state index in [9.17, 15) is 0 Å². The average molecular weight is 561 g/mol. The number of unbranched alkanes of at least 4 members (excludes halogenated alkanes) is 1. The Hall–Kier alpha value is -4.00. The monoisotopic (exact) mass is 560 g/mol. The molecule has 0 aliphatic carbocycles. The molecule has 0 saturated carbocycles. The fourth-order valence-corrected chi connectivity index (χ4v) is 5.91. The lowest BCUT2D eigenvalue weighted by atomic mass is 9.86. The Morgan fingerprint density at radius 3 is 2.05 bits per heavy atom. The van der Waals surface area contributed by atoms with Gasteiger partial charge in [-0.3, -0.25) is 4.68 Å². The van der Waals surface area contributed by atoms with Gasteiger partial charge in [-0.15, -0.1) is 0 Å². The number of aromatic nitrogens is 4. The number of hydrogen-bond donors (Lipinski definition) is 0. The van der Waals surface area contributed by atoms with Gasteiger partial charge < -0.3 is 14.0 Å². The van der Waals surface area contributed by atoms with Crippen LogP contribution < -0.4 is 0 Å². The third-order valence-corrected chi connectivity index (χ3v) is 8.16. The third-order valence-electron chi connectivity index (χ3n) is 8.16. The predicted octanol–water partition coefficient (Wildman–Crippen LogP) is 8.00. The molecule has 0 unspecified atom stereocenters. The summed E-state index contributed by atoms with van der Waals surface area (Å²) in [4.78, 5) is 5.25. The first kappa shape index (κ1) is 28.1. The lowest BCUT2D eigenvalue weighted by Crippen LogP contribution is -2.37. The van der Waals surface area contributed by atoms with Crippen molar-refractivity contribution in [3.05, 3.63) is 120 Å². The van der Waals surface area contributed by atoms with Gasteiger partial charge in [0, 0.05) is 35.3 Å². The molecule has 42 heavy (non-hydrogen) atoms. The van der Waals surface area contributed by atoms with E-state index in [4.69, 9.17) is 14.5 Å². The van der Waals surface area contributed by atoms with Crippen LogP contribution in [0.1, 0.15) is 55.3 Å². The average Bonchev–Trinajstić information content (AvgIpc) is 3.55. The number of aryl methyl sites for hydroxylation is 3. The Kier molecular flexibility index (Phi) is 8.36. The molecule has 2 aromatic heterocycles. The van der Waals surface area contributed by atoms with Gasteiger partial charge in [0.05, 0.1) is 30.3 Å². The zero-order valence-electron chi connectivity index (χ0n) is 24.9. The second-order valence-electron chi connectivity index (χ2n) is 11.8. The topological polar surface area (TPSA) is 54.1 Å². The van der Waals surface area contributed by atoms with Gasteiger partial charge in [-0.05, 0) is 38.3 Å². The van der Waals surface area contributed by atoms with Crippen LogP contribution in [0.15, 0.2) is 97.1 Å². The third kappa shape index (κ3) is 6.25. The maximum atomic E-state index is 6.51. The molecule has 1 fully saturated rings. The van der Waals surface area contributed by atoms with Gasteiger partial charge in [0.2, 0.25) is 6.29 Å². The molecule has 0 amide bonds. The van der Waals surface area contributed by atoms with E-state index in [2.05, 4.69) is 126 Å². The van der Waals surface area contributed by atoms with Crippen molar-refractivity contribution in [3.63, 3.8) is 0 Å². The minimum Gasteiger partial charge on any atom is -0.345 e. The van der Waals surface area contributed by atoms with Crippen LogP contribution in [-0.4, -0.2) is 32.5 Å². The second kappa shape index (κ2) is 12.5. The van der Waals surface area contributed by atoms with Crippen molar-refractivity contribution >= 4 is 0 Å². The van der Waals surface area contributed by atoms with E-state index >= 15 is 0 Å².